The maximum Gasteiger partial charge on any atom is 0.248 e. The van der Waals surface area contributed by atoms with Crippen LogP contribution >= 0.6 is 11.8 Å². The third kappa shape index (κ3) is 2.66. The molecule has 1 fully saturated rings. The number of nitrogens with zero attached hydrogens (tertiary/aromatic N) is 1. The SMILES string of the molecule is CC1CSCCN1CC(=O)NN. The van der Waals surface area contributed by atoms with Crippen molar-refractivity contribution in [2.45, 2.75) is 13.0 Å². The Labute approximate surface area is 76.8 Å². The van der Waals surface area contributed by atoms with Gasteiger partial charge >= 0.3 is 0 Å². The third-order valence-corrected chi connectivity index (χ3v) is 3.20. The highest BCUT2D eigenvalue weighted by molar-refractivity contribution is 7.99. The quantitative estimate of drug-likeness (QED) is 0.346. The van der Waals surface area contributed by atoms with Crippen molar-refractivity contribution in [3.63, 3.8) is 0 Å². The minimum atomic E-state index is -0.103. The van der Waals surface area contributed by atoms with Crippen molar-refractivity contribution in [1.29, 1.82) is 0 Å². The van der Waals surface area contributed by atoms with E-state index in [1.165, 1.54) is 0 Å². The second kappa shape index (κ2) is 4.69. The van der Waals surface area contributed by atoms with E-state index in [1.54, 1.807) is 0 Å². The van der Waals surface area contributed by atoms with Gasteiger partial charge in [-0.15, -0.1) is 0 Å². The molecule has 1 saturated heterocycles. The summed E-state index contributed by atoms with van der Waals surface area (Å²) in [5, 5.41) is 0. The minimum Gasteiger partial charge on any atom is -0.293 e. The number of carbonyl (C=O) groups is 1. The lowest BCUT2D eigenvalue weighted by Crippen LogP contribution is -2.47. The van der Waals surface area contributed by atoms with E-state index in [0.29, 0.717) is 12.6 Å². The Morgan fingerprint density at radius 1 is 1.83 bits per heavy atom. The molecule has 1 heterocycles. The van der Waals surface area contributed by atoms with Crippen molar-refractivity contribution < 1.29 is 4.79 Å². The van der Waals surface area contributed by atoms with Gasteiger partial charge in [-0.3, -0.25) is 15.1 Å². The lowest BCUT2D eigenvalue weighted by Gasteiger charge is -2.31. The second-order valence-corrected chi connectivity index (χ2v) is 4.11. The Bertz CT molecular complexity index is 165. The molecule has 1 aliphatic rings. The number of hydrogen-bond donors (Lipinski definition) is 2. The fraction of sp³-hybridized carbons (Fsp3) is 0.857. The highest BCUT2D eigenvalue weighted by atomic mass is 32.2. The number of carbonyl (C=O) groups excluding carboxylic acids is 1. The average molecular weight is 189 g/mol. The van der Waals surface area contributed by atoms with Crippen LogP contribution < -0.4 is 11.3 Å². The highest BCUT2D eigenvalue weighted by Crippen LogP contribution is 2.14. The largest absolute Gasteiger partial charge is 0.293 e. The molecule has 0 radical (unpaired) electrons. The molecular weight excluding hydrogens is 174 g/mol. The Morgan fingerprint density at radius 2 is 2.58 bits per heavy atom. The molecule has 70 valence electrons. The van der Waals surface area contributed by atoms with Gasteiger partial charge in [-0.05, 0) is 6.92 Å². The zero-order chi connectivity index (χ0) is 8.97. The smallest absolute Gasteiger partial charge is 0.248 e. The molecule has 0 saturated carbocycles. The highest BCUT2D eigenvalue weighted by Gasteiger charge is 2.19. The molecular formula is C7H15N3OS. The van der Waals surface area contributed by atoms with Gasteiger partial charge in [-0.2, -0.15) is 11.8 Å². The number of nitrogens with one attached hydrogen (secondary N) is 1. The minimum absolute atomic E-state index is 0.103. The lowest BCUT2D eigenvalue weighted by molar-refractivity contribution is -0.122. The molecule has 1 unspecified atom stereocenters. The zero-order valence-electron chi connectivity index (χ0n) is 7.25. The number of nitrogens with two attached hydrogens (primary N) is 1. The maximum atomic E-state index is 10.9. The van der Waals surface area contributed by atoms with Gasteiger partial charge in [0.15, 0.2) is 0 Å². The van der Waals surface area contributed by atoms with E-state index >= 15 is 0 Å². The number of amides is 1. The molecule has 0 spiro atoms. The first-order valence-corrected chi connectivity index (χ1v) is 5.20. The first-order chi connectivity index (χ1) is 5.74. The average Bonchev–Trinajstić information content (AvgIpc) is 2.09. The van der Waals surface area contributed by atoms with E-state index in [1.807, 2.05) is 11.8 Å². The van der Waals surface area contributed by atoms with Crippen LogP contribution in [0, 0.1) is 0 Å². The number of hydrogen-bond acceptors (Lipinski definition) is 4. The fourth-order valence-electron chi connectivity index (χ4n) is 1.23. The molecule has 1 amide bonds. The summed E-state index contributed by atoms with van der Waals surface area (Å²) in [5.41, 5.74) is 2.15. The predicted octanol–water partition coefficient (Wildman–Crippen LogP) is -0.586. The molecule has 0 bridgehead atoms. The van der Waals surface area contributed by atoms with Crippen LogP contribution in [0.2, 0.25) is 0 Å². The van der Waals surface area contributed by atoms with Crippen LogP contribution in [0.15, 0.2) is 0 Å². The molecule has 0 aliphatic carbocycles. The normalized spacial score (nSPS) is 25.3. The summed E-state index contributed by atoms with van der Waals surface area (Å²) < 4.78 is 0. The Balaban J connectivity index is 2.33. The van der Waals surface area contributed by atoms with Gasteiger partial charge in [-0.25, -0.2) is 5.84 Å². The molecule has 1 atom stereocenters. The van der Waals surface area contributed by atoms with Gasteiger partial charge in [0.1, 0.15) is 0 Å². The van der Waals surface area contributed by atoms with Gasteiger partial charge in [0.05, 0.1) is 6.54 Å². The maximum absolute atomic E-state index is 10.9. The van der Waals surface area contributed by atoms with E-state index in [2.05, 4.69) is 17.2 Å². The van der Waals surface area contributed by atoms with E-state index in [0.717, 1.165) is 18.1 Å². The molecule has 3 N–H and O–H groups in total. The Kier molecular flexibility index (Phi) is 3.84. The summed E-state index contributed by atoms with van der Waals surface area (Å²) in [4.78, 5) is 13.1. The number of thioether (sulfide) groups is 1. The van der Waals surface area contributed by atoms with Crippen LogP contribution in [-0.2, 0) is 4.79 Å². The topological polar surface area (TPSA) is 58.4 Å². The van der Waals surface area contributed by atoms with Crippen LogP contribution in [0.4, 0.5) is 0 Å². The van der Waals surface area contributed by atoms with E-state index in [9.17, 15) is 4.79 Å². The summed E-state index contributed by atoms with van der Waals surface area (Å²) in [5.74, 6) is 7.12. The standard InChI is InChI=1S/C7H15N3OS/c1-6-5-12-3-2-10(6)4-7(11)9-8/h6H,2-5,8H2,1H3,(H,9,11). The molecule has 12 heavy (non-hydrogen) atoms. The summed E-state index contributed by atoms with van der Waals surface area (Å²) in [6, 6.07) is 0.487. The fourth-order valence-corrected chi connectivity index (χ4v) is 2.31. The van der Waals surface area contributed by atoms with Gasteiger partial charge in [-0.1, -0.05) is 0 Å². The van der Waals surface area contributed by atoms with Crippen molar-refractivity contribution in [2.75, 3.05) is 24.6 Å². The Morgan fingerprint density at radius 3 is 3.17 bits per heavy atom. The van der Waals surface area contributed by atoms with Crippen molar-refractivity contribution in [2.24, 2.45) is 5.84 Å². The molecule has 0 aromatic carbocycles. The van der Waals surface area contributed by atoms with Crippen molar-refractivity contribution in [3.8, 4) is 0 Å². The summed E-state index contributed by atoms with van der Waals surface area (Å²) in [6.45, 7) is 3.55. The molecule has 1 rings (SSSR count). The molecule has 1 aliphatic heterocycles. The van der Waals surface area contributed by atoms with Gasteiger partial charge in [0.2, 0.25) is 5.91 Å². The first-order valence-electron chi connectivity index (χ1n) is 4.05. The van der Waals surface area contributed by atoms with Crippen molar-refractivity contribution in [3.05, 3.63) is 0 Å². The van der Waals surface area contributed by atoms with Crippen LogP contribution in [0.25, 0.3) is 0 Å². The van der Waals surface area contributed by atoms with E-state index in [4.69, 9.17) is 5.84 Å². The number of hydrazine groups is 1. The summed E-state index contributed by atoms with van der Waals surface area (Å²) >= 11 is 1.94. The van der Waals surface area contributed by atoms with Crippen LogP contribution in [0.3, 0.4) is 0 Å². The summed E-state index contributed by atoms with van der Waals surface area (Å²) in [6.07, 6.45) is 0. The third-order valence-electron chi connectivity index (χ3n) is 2.01. The van der Waals surface area contributed by atoms with Gasteiger partial charge in [0, 0.05) is 24.1 Å². The lowest BCUT2D eigenvalue weighted by atomic mass is 10.3. The molecule has 5 heteroatoms. The van der Waals surface area contributed by atoms with Crippen LogP contribution in [0.5, 0.6) is 0 Å². The van der Waals surface area contributed by atoms with Crippen LogP contribution in [0.1, 0.15) is 6.92 Å². The van der Waals surface area contributed by atoms with E-state index < -0.39 is 0 Å². The van der Waals surface area contributed by atoms with Crippen molar-refractivity contribution >= 4 is 17.7 Å². The zero-order valence-corrected chi connectivity index (χ0v) is 8.06. The predicted molar refractivity (Wildman–Crippen MR) is 50.7 cm³/mol. The monoisotopic (exact) mass is 189 g/mol. The van der Waals surface area contributed by atoms with E-state index in [-0.39, 0.29) is 5.91 Å². The second-order valence-electron chi connectivity index (χ2n) is 2.96. The molecule has 0 aromatic heterocycles. The molecule has 4 nitrogen and oxygen atoms in total. The number of rotatable bonds is 2. The first kappa shape index (κ1) is 9.83. The van der Waals surface area contributed by atoms with Crippen molar-refractivity contribution in [1.82, 2.24) is 10.3 Å². The van der Waals surface area contributed by atoms with Gasteiger partial charge < -0.3 is 0 Å². The van der Waals surface area contributed by atoms with Crippen LogP contribution in [-0.4, -0.2) is 41.4 Å². The van der Waals surface area contributed by atoms with Gasteiger partial charge in [0.25, 0.3) is 0 Å². The molecule has 0 aromatic rings. The summed E-state index contributed by atoms with van der Waals surface area (Å²) in [7, 11) is 0. The Hall–Kier alpha value is -0.260.